The van der Waals surface area contributed by atoms with Gasteiger partial charge in [0.05, 0.1) is 17.5 Å². The second-order valence-corrected chi connectivity index (χ2v) is 4.35. The van der Waals surface area contributed by atoms with Crippen LogP contribution < -0.4 is 0 Å². The monoisotopic (exact) mass is 279 g/mol. The van der Waals surface area contributed by atoms with Crippen LogP contribution in [-0.4, -0.2) is 34.7 Å². The fourth-order valence-electron chi connectivity index (χ4n) is 2.04. The quantitative estimate of drug-likeness (QED) is 0.549. The predicted molar refractivity (Wildman–Crippen MR) is 72.0 cm³/mol. The van der Waals surface area contributed by atoms with Crippen molar-refractivity contribution in [1.82, 2.24) is 34.7 Å². The van der Waals surface area contributed by atoms with Crippen LogP contribution in [0, 0.1) is 6.92 Å². The normalized spacial score (nSPS) is 11.1. The van der Waals surface area contributed by atoms with Gasteiger partial charge >= 0.3 is 0 Å². The Morgan fingerprint density at radius 1 is 1.05 bits per heavy atom. The van der Waals surface area contributed by atoms with Gasteiger partial charge in [-0.05, 0) is 13.0 Å². The highest BCUT2D eigenvalue weighted by Crippen LogP contribution is 2.23. The Balaban J connectivity index is 1.83. The number of aryl methyl sites for hydroxylation is 1. The third-order valence-electron chi connectivity index (χ3n) is 3.08. The molecule has 8 nitrogen and oxygen atoms in total. The smallest absolute Gasteiger partial charge is 0.261 e. The van der Waals surface area contributed by atoms with Crippen molar-refractivity contribution < 1.29 is 4.52 Å². The first-order chi connectivity index (χ1) is 10.3. The van der Waals surface area contributed by atoms with Crippen LogP contribution in [0.25, 0.3) is 28.8 Å². The van der Waals surface area contributed by atoms with E-state index in [1.807, 2.05) is 13.0 Å². The molecule has 4 aromatic heterocycles. The van der Waals surface area contributed by atoms with Gasteiger partial charge in [-0.15, -0.1) is 0 Å². The summed E-state index contributed by atoms with van der Waals surface area (Å²) < 4.78 is 7.01. The van der Waals surface area contributed by atoms with E-state index < -0.39 is 0 Å². The van der Waals surface area contributed by atoms with Gasteiger partial charge in [-0.1, -0.05) is 5.16 Å². The molecule has 0 radical (unpaired) electrons. The molecule has 0 saturated heterocycles. The van der Waals surface area contributed by atoms with Crippen molar-refractivity contribution in [2.75, 3.05) is 0 Å². The summed E-state index contributed by atoms with van der Waals surface area (Å²) in [5, 5.41) is 8.11. The first-order valence-corrected chi connectivity index (χ1v) is 6.24. The van der Waals surface area contributed by atoms with Crippen LogP contribution in [0.4, 0.5) is 0 Å². The van der Waals surface area contributed by atoms with E-state index in [4.69, 9.17) is 4.52 Å². The average molecular weight is 279 g/mol. The predicted octanol–water partition coefficient (Wildman–Crippen LogP) is 1.54. The van der Waals surface area contributed by atoms with Gasteiger partial charge in [-0.25, -0.2) is 19.5 Å². The second kappa shape index (κ2) is 4.44. The summed E-state index contributed by atoms with van der Waals surface area (Å²) in [4.78, 5) is 16.8. The molecule has 0 aliphatic carbocycles. The van der Waals surface area contributed by atoms with Crippen molar-refractivity contribution in [3.05, 3.63) is 42.6 Å². The molecule has 8 heteroatoms. The van der Waals surface area contributed by atoms with Crippen molar-refractivity contribution in [2.24, 2.45) is 0 Å². The van der Waals surface area contributed by atoms with E-state index in [2.05, 4.69) is 30.2 Å². The molecule has 0 aromatic carbocycles. The average Bonchev–Trinajstić information content (AvgIpc) is 3.18. The Morgan fingerprint density at radius 3 is 2.76 bits per heavy atom. The van der Waals surface area contributed by atoms with E-state index in [1.165, 1.54) is 0 Å². The number of nitrogens with zero attached hydrogens (tertiary/aromatic N) is 7. The zero-order valence-electron chi connectivity index (χ0n) is 11.0. The lowest BCUT2D eigenvalue weighted by molar-refractivity contribution is 0.431. The number of aromatic nitrogens is 7. The van der Waals surface area contributed by atoms with Gasteiger partial charge < -0.3 is 4.52 Å². The van der Waals surface area contributed by atoms with Gasteiger partial charge in [0.2, 0.25) is 11.6 Å². The van der Waals surface area contributed by atoms with Gasteiger partial charge in [0.15, 0.2) is 5.65 Å². The summed E-state index contributed by atoms with van der Waals surface area (Å²) in [6.07, 6.45) is 6.63. The Hall–Kier alpha value is -3.16. The molecule has 0 bridgehead atoms. The fraction of sp³-hybridized carbons (Fsp3) is 0.0769. The van der Waals surface area contributed by atoms with Crippen molar-refractivity contribution in [3.63, 3.8) is 0 Å². The summed E-state index contributed by atoms with van der Waals surface area (Å²) in [6, 6.07) is 3.55. The minimum atomic E-state index is 0.338. The second-order valence-electron chi connectivity index (χ2n) is 4.35. The SMILES string of the molecule is Cc1c(-c2nc(-c3ncccn3)no2)cnc2ccnn12. The molecule has 0 fully saturated rings. The summed E-state index contributed by atoms with van der Waals surface area (Å²) in [7, 11) is 0. The zero-order valence-corrected chi connectivity index (χ0v) is 11.0. The van der Waals surface area contributed by atoms with Crippen LogP contribution in [0.1, 0.15) is 5.69 Å². The largest absolute Gasteiger partial charge is 0.333 e. The molecule has 4 rings (SSSR count). The molecule has 0 saturated carbocycles. The molecular formula is C13H9N7O. The number of rotatable bonds is 2. The highest BCUT2D eigenvalue weighted by molar-refractivity contribution is 5.59. The van der Waals surface area contributed by atoms with E-state index in [1.54, 1.807) is 35.4 Å². The van der Waals surface area contributed by atoms with Crippen LogP contribution in [0.5, 0.6) is 0 Å². The summed E-state index contributed by atoms with van der Waals surface area (Å²) in [6.45, 7) is 1.92. The summed E-state index contributed by atoms with van der Waals surface area (Å²) in [5.74, 6) is 1.11. The molecule has 4 heterocycles. The van der Waals surface area contributed by atoms with E-state index in [-0.39, 0.29) is 0 Å². The first kappa shape index (κ1) is 11.6. The molecule has 0 aliphatic heterocycles. The molecule has 102 valence electrons. The van der Waals surface area contributed by atoms with Crippen LogP contribution in [0.3, 0.4) is 0 Å². The van der Waals surface area contributed by atoms with Gasteiger partial charge in [-0.3, -0.25) is 0 Å². The lowest BCUT2D eigenvalue weighted by atomic mass is 10.2. The molecule has 0 atom stereocenters. The standard InChI is InChI=1S/C13H9N7O/c1-8-9(7-16-10-3-6-17-20(8)10)13-18-12(19-21-13)11-14-4-2-5-15-11/h2-7H,1H3. The maximum Gasteiger partial charge on any atom is 0.261 e. The lowest BCUT2D eigenvalue weighted by Crippen LogP contribution is -1.98. The van der Waals surface area contributed by atoms with Gasteiger partial charge in [-0.2, -0.15) is 10.1 Å². The molecule has 21 heavy (non-hydrogen) atoms. The first-order valence-electron chi connectivity index (χ1n) is 6.24. The number of fused-ring (bicyclic) bond motifs is 1. The Bertz CT molecular complexity index is 913. The van der Waals surface area contributed by atoms with Crippen molar-refractivity contribution >= 4 is 5.65 Å². The van der Waals surface area contributed by atoms with Crippen LogP contribution in [-0.2, 0) is 0 Å². The van der Waals surface area contributed by atoms with E-state index in [0.29, 0.717) is 17.5 Å². The molecule has 0 N–H and O–H groups in total. The van der Waals surface area contributed by atoms with Crippen molar-refractivity contribution in [3.8, 4) is 23.1 Å². The zero-order chi connectivity index (χ0) is 14.2. The Kier molecular flexibility index (Phi) is 2.46. The Labute approximate surface area is 118 Å². The maximum absolute atomic E-state index is 5.29. The summed E-state index contributed by atoms with van der Waals surface area (Å²) >= 11 is 0. The van der Waals surface area contributed by atoms with Gasteiger partial charge in [0, 0.05) is 24.7 Å². The summed E-state index contributed by atoms with van der Waals surface area (Å²) in [5.41, 5.74) is 2.36. The molecular weight excluding hydrogens is 270 g/mol. The van der Waals surface area contributed by atoms with Crippen molar-refractivity contribution in [2.45, 2.75) is 6.92 Å². The Morgan fingerprint density at radius 2 is 1.90 bits per heavy atom. The van der Waals surface area contributed by atoms with Crippen molar-refractivity contribution in [1.29, 1.82) is 0 Å². The van der Waals surface area contributed by atoms with E-state index in [9.17, 15) is 0 Å². The van der Waals surface area contributed by atoms with Crippen LogP contribution in [0.15, 0.2) is 41.4 Å². The third kappa shape index (κ3) is 1.84. The maximum atomic E-state index is 5.29. The topological polar surface area (TPSA) is 94.9 Å². The van der Waals surface area contributed by atoms with Crippen LogP contribution >= 0.6 is 0 Å². The lowest BCUT2D eigenvalue weighted by Gasteiger charge is -2.02. The molecule has 0 amide bonds. The fourth-order valence-corrected chi connectivity index (χ4v) is 2.04. The highest BCUT2D eigenvalue weighted by Gasteiger charge is 2.16. The van der Waals surface area contributed by atoms with E-state index >= 15 is 0 Å². The van der Waals surface area contributed by atoms with Gasteiger partial charge in [0.1, 0.15) is 0 Å². The minimum absolute atomic E-state index is 0.338. The number of hydrogen-bond acceptors (Lipinski definition) is 7. The minimum Gasteiger partial charge on any atom is -0.333 e. The van der Waals surface area contributed by atoms with Crippen LogP contribution in [0.2, 0.25) is 0 Å². The van der Waals surface area contributed by atoms with E-state index in [0.717, 1.165) is 16.9 Å². The molecule has 4 aromatic rings. The number of hydrogen-bond donors (Lipinski definition) is 0. The molecule has 0 aliphatic rings. The molecule has 0 spiro atoms. The van der Waals surface area contributed by atoms with Gasteiger partial charge in [0.25, 0.3) is 5.89 Å². The molecule has 0 unspecified atom stereocenters. The highest BCUT2D eigenvalue weighted by atomic mass is 16.5. The third-order valence-corrected chi connectivity index (χ3v) is 3.08.